The normalized spacial score (nSPS) is 12.4. The Kier molecular flexibility index (Phi) is 15.0. The average molecular weight is 819 g/mol. The molecule has 6 aromatic rings. The number of unbranched alkanes of at least 4 members (excludes halogenated alkanes) is 3. The van der Waals surface area contributed by atoms with E-state index in [1.807, 2.05) is 182 Å². The zero-order chi connectivity index (χ0) is 39.2. The molecule has 0 aliphatic heterocycles. The number of hydrogen-bond donors (Lipinski definition) is 0. The topological polar surface area (TPSA) is 68.3 Å². The van der Waals surface area contributed by atoms with Crippen LogP contribution in [0.5, 0.6) is 0 Å². The number of rotatable bonds is 21. The van der Waals surface area contributed by atoms with Crippen LogP contribution in [0.15, 0.2) is 182 Å². The summed E-state index contributed by atoms with van der Waals surface area (Å²) in [4.78, 5) is 0. The first-order chi connectivity index (χ1) is 27.3. The van der Waals surface area contributed by atoms with E-state index < -0.39 is 28.6 Å². The lowest BCUT2D eigenvalue weighted by Crippen LogP contribution is -2.19. The van der Waals surface area contributed by atoms with E-state index in [1.165, 1.54) is 0 Å². The average Bonchev–Trinajstić information content (AvgIpc) is 3.27. The van der Waals surface area contributed by atoms with Gasteiger partial charge < -0.3 is 18.3 Å². The van der Waals surface area contributed by atoms with E-state index in [-0.39, 0.29) is 0 Å². The molecule has 0 aromatic heterocycles. The van der Waals surface area contributed by atoms with Crippen molar-refractivity contribution in [2.45, 2.75) is 38.5 Å². The first kappa shape index (κ1) is 41.9. The SMILES string of the molecule is O=P(CCCCP(=O)(c1ccccc1)c1ccccc1)(CCCCP(=O)(c1ccccc1)c1ccccc1)CCCCP(=O)(c1ccccc1)c1ccccc1. The van der Waals surface area contributed by atoms with Crippen LogP contribution < -0.4 is 31.8 Å². The standard InChI is InChI=1S/C48H54O4P4/c49-53(37-19-22-40-54(50,43-25-7-1-8-26-43)44-27-9-2-10-28-44,38-20-23-41-55(51,45-29-11-3-12-30-45)46-31-13-4-14-32-46)39-21-24-42-56(52,47-33-15-5-16-34-47)48-35-17-6-18-36-48/h1-18,25-36H,19-24,37-42H2. The molecule has 0 unspecified atom stereocenters. The molecule has 0 spiro atoms. The zero-order valence-corrected chi connectivity index (χ0v) is 35.8. The Morgan fingerprint density at radius 1 is 0.232 bits per heavy atom. The fraction of sp³-hybridized carbons (Fsp3) is 0.250. The molecule has 0 saturated heterocycles. The quantitative estimate of drug-likeness (QED) is 0.0536. The van der Waals surface area contributed by atoms with Gasteiger partial charge in [0.15, 0.2) is 0 Å². The van der Waals surface area contributed by atoms with Crippen LogP contribution in [-0.4, -0.2) is 37.0 Å². The van der Waals surface area contributed by atoms with Crippen LogP contribution in [0.3, 0.4) is 0 Å². The lowest BCUT2D eigenvalue weighted by atomic mass is 10.4. The monoisotopic (exact) mass is 818 g/mol. The van der Waals surface area contributed by atoms with Gasteiger partial charge in [-0.2, -0.15) is 0 Å². The first-order valence-electron chi connectivity index (χ1n) is 19.9. The van der Waals surface area contributed by atoms with Crippen LogP contribution in [0.1, 0.15) is 38.5 Å². The summed E-state index contributed by atoms with van der Waals surface area (Å²) in [5.41, 5.74) is 0. The van der Waals surface area contributed by atoms with Gasteiger partial charge in [0.25, 0.3) is 0 Å². The molecule has 0 bridgehead atoms. The van der Waals surface area contributed by atoms with Crippen molar-refractivity contribution in [1.29, 1.82) is 0 Å². The fourth-order valence-corrected chi connectivity index (χ4v) is 19.2. The second-order valence-electron chi connectivity index (χ2n) is 14.8. The van der Waals surface area contributed by atoms with Gasteiger partial charge in [0.1, 0.15) is 21.4 Å². The number of benzene rings is 6. The van der Waals surface area contributed by atoms with E-state index >= 15 is 0 Å². The zero-order valence-electron chi connectivity index (χ0n) is 32.2. The maximum absolute atomic E-state index is 15.0. The van der Waals surface area contributed by atoms with Crippen molar-refractivity contribution in [3.63, 3.8) is 0 Å². The molecule has 56 heavy (non-hydrogen) atoms. The summed E-state index contributed by atoms with van der Waals surface area (Å²) in [5, 5.41) is 5.15. The van der Waals surface area contributed by atoms with E-state index in [0.717, 1.165) is 51.1 Å². The Bertz CT molecular complexity index is 1880. The fourth-order valence-electron chi connectivity index (χ4n) is 7.77. The van der Waals surface area contributed by atoms with Gasteiger partial charge in [0, 0.05) is 68.8 Å². The highest BCUT2D eigenvalue weighted by Gasteiger charge is 2.31. The van der Waals surface area contributed by atoms with Gasteiger partial charge in [-0.15, -0.1) is 0 Å². The molecule has 0 aliphatic carbocycles. The summed E-state index contributed by atoms with van der Waals surface area (Å²) in [6.45, 7) is 0. The van der Waals surface area contributed by atoms with E-state index in [2.05, 4.69) is 0 Å². The molecule has 0 N–H and O–H groups in total. The lowest BCUT2D eigenvalue weighted by Gasteiger charge is -2.23. The number of hydrogen-bond acceptors (Lipinski definition) is 4. The van der Waals surface area contributed by atoms with Crippen molar-refractivity contribution < 1.29 is 18.3 Å². The molecule has 0 heterocycles. The van der Waals surface area contributed by atoms with Gasteiger partial charge in [0.05, 0.1) is 7.14 Å². The predicted molar refractivity (Wildman–Crippen MR) is 244 cm³/mol. The minimum atomic E-state index is -2.86. The van der Waals surface area contributed by atoms with Crippen molar-refractivity contribution in [1.82, 2.24) is 0 Å². The van der Waals surface area contributed by atoms with Crippen LogP contribution in [0, 0.1) is 0 Å². The van der Waals surface area contributed by atoms with E-state index in [4.69, 9.17) is 0 Å². The molecular formula is C48H54O4P4. The second-order valence-corrected chi connectivity index (χ2v) is 27.1. The summed E-state index contributed by atoms with van der Waals surface area (Å²) >= 11 is 0. The summed E-state index contributed by atoms with van der Waals surface area (Å²) < 4.78 is 59.1. The lowest BCUT2D eigenvalue weighted by molar-refractivity contribution is 0.564. The van der Waals surface area contributed by atoms with Gasteiger partial charge in [-0.3, -0.25) is 0 Å². The summed E-state index contributed by atoms with van der Waals surface area (Å²) in [5.74, 6) is 0. The molecule has 0 saturated carbocycles. The molecule has 4 nitrogen and oxygen atoms in total. The van der Waals surface area contributed by atoms with Gasteiger partial charge in [0.2, 0.25) is 0 Å². The highest BCUT2D eigenvalue weighted by Crippen LogP contribution is 2.52. The van der Waals surface area contributed by atoms with Crippen molar-refractivity contribution in [3.05, 3.63) is 182 Å². The minimum absolute atomic E-state index is 0.524. The minimum Gasteiger partial charge on any atom is -0.324 e. The van der Waals surface area contributed by atoms with Gasteiger partial charge in [-0.25, -0.2) is 0 Å². The second kappa shape index (κ2) is 20.1. The third kappa shape index (κ3) is 10.6. The Morgan fingerprint density at radius 2 is 0.393 bits per heavy atom. The molecule has 8 heteroatoms. The van der Waals surface area contributed by atoms with Crippen LogP contribution in [-0.2, 0) is 18.3 Å². The van der Waals surface area contributed by atoms with Gasteiger partial charge in [-0.05, 0) is 38.5 Å². The highest BCUT2D eigenvalue weighted by molar-refractivity contribution is 7.79. The van der Waals surface area contributed by atoms with E-state index in [1.54, 1.807) is 0 Å². The maximum atomic E-state index is 15.0. The van der Waals surface area contributed by atoms with Crippen molar-refractivity contribution in [3.8, 4) is 0 Å². The van der Waals surface area contributed by atoms with Gasteiger partial charge in [-0.1, -0.05) is 182 Å². The molecule has 6 rings (SSSR count). The van der Waals surface area contributed by atoms with Crippen molar-refractivity contribution >= 4 is 60.4 Å². The maximum Gasteiger partial charge on any atom is 0.143 e. The third-order valence-electron chi connectivity index (χ3n) is 10.9. The van der Waals surface area contributed by atoms with E-state index in [0.29, 0.717) is 56.2 Å². The van der Waals surface area contributed by atoms with Crippen LogP contribution in [0.2, 0.25) is 0 Å². The molecule has 0 aliphatic rings. The Balaban J connectivity index is 1.15. The van der Waals surface area contributed by atoms with Crippen LogP contribution in [0.4, 0.5) is 0 Å². The van der Waals surface area contributed by atoms with Crippen LogP contribution >= 0.6 is 28.6 Å². The predicted octanol–water partition coefficient (Wildman–Crippen LogP) is 10.7. The van der Waals surface area contributed by atoms with Crippen molar-refractivity contribution in [2.75, 3.05) is 37.0 Å². The summed E-state index contributed by atoms with van der Waals surface area (Å²) in [6.07, 6.45) is 7.61. The highest BCUT2D eigenvalue weighted by atomic mass is 31.2. The largest absolute Gasteiger partial charge is 0.324 e. The molecule has 6 aromatic carbocycles. The smallest absolute Gasteiger partial charge is 0.143 e. The van der Waals surface area contributed by atoms with Crippen LogP contribution in [0.25, 0.3) is 0 Å². The van der Waals surface area contributed by atoms with E-state index in [9.17, 15) is 18.3 Å². The molecule has 0 atom stereocenters. The molecular weight excluding hydrogens is 764 g/mol. The summed E-state index contributed by atoms with van der Waals surface area (Å²) in [7, 11) is -11.3. The third-order valence-corrected chi connectivity index (χ3v) is 23.9. The van der Waals surface area contributed by atoms with Gasteiger partial charge >= 0.3 is 0 Å². The first-order valence-corrected chi connectivity index (χ1v) is 27.9. The van der Waals surface area contributed by atoms with Crippen molar-refractivity contribution in [2.24, 2.45) is 0 Å². The molecule has 0 fully saturated rings. The Labute approximate surface area is 334 Å². The Hall–Kier alpha value is -3.76. The molecule has 290 valence electrons. The molecule has 0 amide bonds. The summed E-state index contributed by atoms with van der Waals surface area (Å²) in [6, 6.07) is 58.6. The Morgan fingerprint density at radius 3 is 0.571 bits per heavy atom. The molecule has 0 radical (unpaired) electrons.